The average Bonchev–Trinajstić information content (AvgIpc) is 2.79. The molecule has 2 aromatic rings. The van der Waals surface area contributed by atoms with Crippen LogP contribution in [-0.4, -0.2) is 41.5 Å². The molecule has 2 fully saturated rings. The summed E-state index contributed by atoms with van der Waals surface area (Å²) >= 11 is 1.82. The largest absolute Gasteiger partial charge is 0.393 e. The van der Waals surface area contributed by atoms with Crippen molar-refractivity contribution in [2.75, 3.05) is 19.6 Å². The number of fused-ring (bicyclic) bond motifs is 2. The van der Waals surface area contributed by atoms with Crippen LogP contribution in [0.3, 0.4) is 0 Å². The molecular formula is C27H31NO2S. The van der Waals surface area contributed by atoms with Crippen LogP contribution in [0.5, 0.6) is 0 Å². The maximum absolute atomic E-state index is 12.1. The molecular weight excluding hydrogens is 402 g/mol. The number of hydrogen-bond acceptors (Lipinski definition) is 4. The van der Waals surface area contributed by atoms with Crippen LogP contribution in [0, 0.1) is 5.92 Å². The molecule has 1 saturated carbocycles. The van der Waals surface area contributed by atoms with Gasteiger partial charge in [-0.3, -0.25) is 4.79 Å². The van der Waals surface area contributed by atoms with E-state index in [9.17, 15) is 9.90 Å². The first kappa shape index (κ1) is 21.0. The first-order valence-corrected chi connectivity index (χ1v) is 12.4. The zero-order chi connectivity index (χ0) is 21.4. The number of Topliss-reactive ketones (excluding diaryl/α,β-unsaturated/α-hetero) is 1. The van der Waals surface area contributed by atoms with Gasteiger partial charge in [-0.1, -0.05) is 41.6 Å². The lowest BCUT2D eigenvalue weighted by Gasteiger charge is -2.35. The first-order chi connectivity index (χ1) is 15.1. The maximum Gasteiger partial charge on any atom is 0.159 e. The fraction of sp³-hybridized carbons (Fsp3) is 0.444. The summed E-state index contributed by atoms with van der Waals surface area (Å²) in [7, 11) is 0. The summed E-state index contributed by atoms with van der Waals surface area (Å²) in [6.07, 6.45) is 6.38. The number of hydrogen-bond donors (Lipinski definition) is 1. The van der Waals surface area contributed by atoms with Gasteiger partial charge < -0.3 is 10.0 Å². The predicted molar refractivity (Wildman–Crippen MR) is 127 cm³/mol. The second-order valence-electron chi connectivity index (χ2n) is 9.32. The minimum Gasteiger partial charge on any atom is -0.393 e. The number of aliphatic hydroxyl groups excluding tert-OH is 1. The van der Waals surface area contributed by atoms with E-state index in [0.717, 1.165) is 63.1 Å². The van der Waals surface area contributed by atoms with E-state index in [-0.39, 0.29) is 11.9 Å². The summed E-state index contributed by atoms with van der Waals surface area (Å²) in [6, 6.07) is 14.9. The summed E-state index contributed by atoms with van der Waals surface area (Å²) in [5.74, 6) is 0.867. The molecule has 0 radical (unpaired) electrons. The Labute approximate surface area is 189 Å². The zero-order valence-electron chi connectivity index (χ0n) is 18.3. The van der Waals surface area contributed by atoms with Crippen molar-refractivity contribution >= 4 is 23.1 Å². The Balaban J connectivity index is 1.42. The van der Waals surface area contributed by atoms with Gasteiger partial charge in [0.1, 0.15) is 0 Å². The summed E-state index contributed by atoms with van der Waals surface area (Å²) in [5, 5.41) is 9.78. The molecule has 0 unspecified atom stereocenters. The molecule has 4 heteroatoms. The predicted octanol–water partition coefficient (Wildman–Crippen LogP) is 5.80. The monoisotopic (exact) mass is 433 g/mol. The van der Waals surface area contributed by atoms with Crippen molar-refractivity contribution < 1.29 is 9.90 Å². The molecule has 3 nitrogen and oxygen atoms in total. The lowest BCUT2D eigenvalue weighted by Crippen LogP contribution is -2.36. The molecule has 3 aliphatic rings. The minimum absolute atomic E-state index is 0.0712. The molecule has 0 bridgehead atoms. The molecule has 0 spiro atoms. The maximum atomic E-state index is 12.1. The Kier molecular flexibility index (Phi) is 6.05. The third kappa shape index (κ3) is 4.39. The molecule has 2 aromatic carbocycles. The number of nitrogens with zero attached hydrogens (tertiary/aromatic N) is 1. The van der Waals surface area contributed by atoms with Crippen LogP contribution >= 0.6 is 11.8 Å². The number of rotatable bonds is 3. The molecule has 1 aliphatic carbocycles. The number of carbonyl (C=O) groups is 1. The summed E-state index contributed by atoms with van der Waals surface area (Å²) in [4.78, 5) is 17.3. The Bertz CT molecular complexity index is 1010. The van der Waals surface area contributed by atoms with E-state index in [2.05, 4.69) is 41.3 Å². The van der Waals surface area contributed by atoms with E-state index in [1.807, 2.05) is 17.8 Å². The number of piperidine rings is 1. The normalized spacial score (nSPS) is 23.9. The molecule has 1 N–H and O–H groups in total. The lowest BCUT2D eigenvalue weighted by molar-refractivity contribution is 0.0922. The van der Waals surface area contributed by atoms with Crippen LogP contribution in [0.4, 0.5) is 0 Å². The third-order valence-electron chi connectivity index (χ3n) is 7.18. The van der Waals surface area contributed by atoms with Crippen molar-refractivity contribution in [2.45, 2.75) is 61.3 Å². The summed E-state index contributed by atoms with van der Waals surface area (Å²) < 4.78 is 0. The van der Waals surface area contributed by atoms with Crippen LogP contribution < -0.4 is 0 Å². The van der Waals surface area contributed by atoms with Crippen LogP contribution in [0.15, 0.2) is 57.8 Å². The van der Waals surface area contributed by atoms with E-state index >= 15 is 0 Å². The van der Waals surface area contributed by atoms with Crippen LogP contribution in [0.1, 0.15) is 66.9 Å². The molecule has 0 aromatic heterocycles. The molecule has 0 atom stereocenters. The van der Waals surface area contributed by atoms with E-state index in [1.54, 1.807) is 6.92 Å². The van der Waals surface area contributed by atoms with E-state index < -0.39 is 0 Å². The summed E-state index contributed by atoms with van der Waals surface area (Å²) in [6.45, 7) is 5.04. The van der Waals surface area contributed by atoms with E-state index in [4.69, 9.17) is 0 Å². The van der Waals surface area contributed by atoms with Crippen LogP contribution in [0.25, 0.3) is 5.57 Å². The number of aliphatic hydroxyl groups is 1. The number of ketones is 1. The van der Waals surface area contributed by atoms with Crippen molar-refractivity contribution in [1.82, 2.24) is 4.90 Å². The molecule has 1 saturated heterocycles. The highest BCUT2D eigenvalue weighted by molar-refractivity contribution is 7.99. The zero-order valence-corrected chi connectivity index (χ0v) is 19.1. The average molecular weight is 434 g/mol. The first-order valence-electron chi connectivity index (χ1n) is 11.6. The quantitative estimate of drug-likeness (QED) is 0.530. The van der Waals surface area contributed by atoms with Crippen LogP contribution in [-0.2, 0) is 0 Å². The Morgan fingerprint density at radius 1 is 1.00 bits per heavy atom. The second kappa shape index (κ2) is 8.93. The van der Waals surface area contributed by atoms with Gasteiger partial charge in [0.2, 0.25) is 0 Å². The van der Waals surface area contributed by atoms with Gasteiger partial charge in [-0.05, 0) is 86.3 Å². The van der Waals surface area contributed by atoms with Gasteiger partial charge in [-0.2, -0.15) is 0 Å². The van der Waals surface area contributed by atoms with Crippen molar-refractivity contribution in [3.8, 4) is 0 Å². The fourth-order valence-electron chi connectivity index (χ4n) is 5.39. The third-order valence-corrected chi connectivity index (χ3v) is 8.33. The highest BCUT2D eigenvalue weighted by Crippen LogP contribution is 2.48. The SMILES string of the molecule is CC(=O)c1ccc2c(c1)C(=C1CCN(CC3CCC(O)CC3)CC1)c1ccccc1S2. The number of benzene rings is 2. The van der Waals surface area contributed by atoms with Gasteiger partial charge in [0.05, 0.1) is 6.10 Å². The van der Waals surface area contributed by atoms with Gasteiger partial charge in [0.25, 0.3) is 0 Å². The van der Waals surface area contributed by atoms with E-state index in [1.165, 1.54) is 38.6 Å². The fourth-order valence-corrected chi connectivity index (χ4v) is 6.46. The number of likely N-dealkylation sites (tertiary alicyclic amines) is 1. The van der Waals surface area contributed by atoms with Crippen molar-refractivity contribution in [2.24, 2.45) is 5.92 Å². The van der Waals surface area contributed by atoms with Gasteiger partial charge in [-0.15, -0.1) is 0 Å². The topological polar surface area (TPSA) is 40.5 Å². The van der Waals surface area contributed by atoms with Gasteiger partial charge in [0.15, 0.2) is 5.78 Å². The Morgan fingerprint density at radius 3 is 2.45 bits per heavy atom. The Hall–Kier alpha value is -1.88. The molecule has 2 heterocycles. The molecule has 0 amide bonds. The van der Waals surface area contributed by atoms with Gasteiger partial charge in [0, 0.05) is 35.0 Å². The van der Waals surface area contributed by atoms with Crippen LogP contribution in [0.2, 0.25) is 0 Å². The smallest absolute Gasteiger partial charge is 0.159 e. The molecule has 5 rings (SSSR count). The Morgan fingerprint density at radius 2 is 1.71 bits per heavy atom. The van der Waals surface area contributed by atoms with E-state index in [0.29, 0.717) is 0 Å². The highest BCUT2D eigenvalue weighted by Gasteiger charge is 2.28. The molecule has 162 valence electrons. The van der Waals surface area contributed by atoms with Gasteiger partial charge >= 0.3 is 0 Å². The van der Waals surface area contributed by atoms with Crippen molar-refractivity contribution in [3.05, 3.63) is 64.7 Å². The lowest BCUT2D eigenvalue weighted by atomic mass is 9.85. The van der Waals surface area contributed by atoms with Crippen molar-refractivity contribution in [3.63, 3.8) is 0 Å². The minimum atomic E-state index is -0.0712. The summed E-state index contributed by atoms with van der Waals surface area (Å²) in [5.41, 5.74) is 6.26. The van der Waals surface area contributed by atoms with Crippen molar-refractivity contribution in [1.29, 1.82) is 0 Å². The standard InChI is InChI=1S/C27H31NO2S/c1-18(29)21-8-11-26-24(16-21)27(23-4-2-3-5-25(23)31-26)20-12-14-28(15-13-20)17-19-6-9-22(30)10-7-19/h2-5,8,11,16,19,22,30H,6-7,9-10,12-15,17H2,1H3. The second-order valence-corrected chi connectivity index (χ2v) is 10.4. The van der Waals surface area contributed by atoms with Gasteiger partial charge in [-0.25, -0.2) is 0 Å². The molecule has 31 heavy (non-hydrogen) atoms. The molecule has 2 aliphatic heterocycles. The number of carbonyl (C=O) groups excluding carboxylic acids is 1. The highest BCUT2D eigenvalue weighted by atomic mass is 32.2.